The largest absolute Gasteiger partial charge is 0.491 e. The molecule has 1 saturated heterocycles. The number of likely N-dealkylation sites (tertiary alicyclic amines) is 1. The van der Waals surface area contributed by atoms with Gasteiger partial charge in [-0.25, -0.2) is 19.6 Å². The van der Waals surface area contributed by atoms with Gasteiger partial charge in [-0.05, 0) is 68.9 Å². The van der Waals surface area contributed by atoms with Crippen molar-refractivity contribution in [2.75, 3.05) is 32.2 Å². The Bertz CT molecular complexity index is 2060. The fourth-order valence-electron chi connectivity index (χ4n) is 8.19. The number of thiazole rings is 1. The minimum atomic E-state index is -1.52. The summed E-state index contributed by atoms with van der Waals surface area (Å²) in [5.41, 5.74) is -0.539. The van der Waals surface area contributed by atoms with Crippen molar-refractivity contribution < 1.29 is 43.2 Å². The molecule has 1 aliphatic heterocycles. The molecule has 16 heteroatoms. The number of aliphatic carboxylic acids is 1. The van der Waals surface area contributed by atoms with E-state index in [0.29, 0.717) is 58.8 Å². The summed E-state index contributed by atoms with van der Waals surface area (Å²) < 4.78 is 23.6. The number of nitrogens with zero attached hydrogens (tertiary/aromatic N) is 3. The van der Waals surface area contributed by atoms with Gasteiger partial charge in [0.15, 0.2) is 5.13 Å². The highest BCUT2D eigenvalue weighted by atomic mass is 32.1. The SMILES string of the molecule is C=CC1C[C@]1(NC(=O)[C@@H]1C[C@@H](Oc2cc(-c3csc(NC(C)C)n3)nc3cc(OCCOC)ccc23)CN1C(=O)C(NC(=O)OC1C[C@@H]2C[C@@H]2C1)C(C)(C)C)C(=O)O. The Morgan fingerprint density at radius 2 is 1.81 bits per heavy atom. The minimum Gasteiger partial charge on any atom is -0.491 e. The molecule has 3 heterocycles. The van der Waals surface area contributed by atoms with Gasteiger partial charge in [0.05, 0.1) is 24.4 Å². The van der Waals surface area contributed by atoms with Crippen LogP contribution in [0.3, 0.4) is 0 Å². The lowest BCUT2D eigenvalue weighted by Crippen LogP contribution is -2.59. The van der Waals surface area contributed by atoms with Crippen molar-refractivity contribution in [1.29, 1.82) is 0 Å². The van der Waals surface area contributed by atoms with Crippen LogP contribution in [0.15, 0.2) is 42.3 Å². The first-order chi connectivity index (χ1) is 27.6. The van der Waals surface area contributed by atoms with Gasteiger partial charge in [0, 0.05) is 48.4 Å². The molecule has 4 aliphatic rings. The van der Waals surface area contributed by atoms with E-state index in [0.717, 1.165) is 18.0 Å². The highest BCUT2D eigenvalue weighted by Gasteiger charge is 2.61. The number of alkyl carbamates (subject to hydrolysis) is 1. The molecule has 58 heavy (non-hydrogen) atoms. The van der Waals surface area contributed by atoms with Gasteiger partial charge in [0.25, 0.3) is 0 Å². The third-order valence-corrected chi connectivity index (χ3v) is 12.3. The van der Waals surface area contributed by atoms with Gasteiger partial charge in [-0.2, -0.15) is 0 Å². The van der Waals surface area contributed by atoms with Crippen LogP contribution in [-0.4, -0.2) is 107 Å². The van der Waals surface area contributed by atoms with E-state index >= 15 is 0 Å². The zero-order valence-corrected chi connectivity index (χ0v) is 34.7. The van der Waals surface area contributed by atoms with Crippen LogP contribution in [0.25, 0.3) is 22.3 Å². The highest BCUT2D eigenvalue weighted by Crippen LogP contribution is 2.52. The monoisotopic (exact) mass is 818 g/mol. The summed E-state index contributed by atoms with van der Waals surface area (Å²) in [5.74, 6) is -0.521. The number of carbonyl (C=O) groups excluding carboxylic acids is 3. The van der Waals surface area contributed by atoms with Crippen molar-refractivity contribution in [2.24, 2.45) is 23.2 Å². The van der Waals surface area contributed by atoms with E-state index in [4.69, 9.17) is 28.9 Å². The van der Waals surface area contributed by atoms with E-state index in [1.807, 2.05) is 58.2 Å². The molecular weight excluding hydrogens is 765 g/mol. The average molecular weight is 819 g/mol. The quantitative estimate of drug-likeness (QED) is 0.103. The number of anilines is 1. The van der Waals surface area contributed by atoms with E-state index in [1.165, 1.54) is 28.7 Å². The lowest BCUT2D eigenvalue weighted by Gasteiger charge is -2.35. The molecule has 312 valence electrons. The molecule has 0 spiro atoms. The molecule has 3 aliphatic carbocycles. The van der Waals surface area contributed by atoms with E-state index in [9.17, 15) is 24.3 Å². The first kappa shape index (κ1) is 41.2. The van der Waals surface area contributed by atoms with Crippen LogP contribution in [0.5, 0.6) is 11.5 Å². The number of amides is 3. The summed E-state index contributed by atoms with van der Waals surface area (Å²) in [6.07, 6.45) is 2.98. The Morgan fingerprint density at radius 3 is 2.47 bits per heavy atom. The molecule has 3 aromatic rings. The van der Waals surface area contributed by atoms with Gasteiger partial charge >= 0.3 is 12.1 Å². The summed E-state index contributed by atoms with van der Waals surface area (Å²) in [4.78, 5) is 65.7. The first-order valence-electron chi connectivity index (χ1n) is 20.0. The summed E-state index contributed by atoms with van der Waals surface area (Å²) in [6.45, 7) is 14.0. The topological polar surface area (TPSA) is 191 Å². The van der Waals surface area contributed by atoms with Crippen LogP contribution < -0.4 is 25.4 Å². The second kappa shape index (κ2) is 16.4. The maximum absolute atomic E-state index is 14.7. The molecule has 4 N–H and O–H groups in total. The maximum atomic E-state index is 14.7. The number of benzene rings is 1. The first-order valence-corrected chi connectivity index (χ1v) is 20.9. The Morgan fingerprint density at radius 1 is 1.05 bits per heavy atom. The molecule has 3 unspecified atom stereocenters. The van der Waals surface area contributed by atoms with Crippen molar-refractivity contribution in [3.8, 4) is 22.9 Å². The van der Waals surface area contributed by atoms with E-state index in [2.05, 4.69) is 22.5 Å². The third kappa shape index (κ3) is 8.87. The Kier molecular flexibility index (Phi) is 11.6. The van der Waals surface area contributed by atoms with Crippen LogP contribution in [0.2, 0.25) is 0 Å². The normalized spacial score (nSPS) is 26.4. The molecule has 4 fully saturated rings. The van der Waals surface area contributed by atoms with Crippen molar-refractivity contribution in [3.05, 3.63) is 42.3 Å². The van der Waals surface area contributed by atoms with Crippen molar-refractivity contribution in [2.45, 2.75) is 103 Å². The fourth-order valence-corrected chi connectivity index (χ4v) is 9.04. The summed E-state index contributed by atoms with van der Waals surface area (Å²) in [6, 6.07) is 5.26. The summed E-state index contributed by atoms with van der Waals surface area (Å²) in [5, 5.41) is 22.3. The number of carbonyl (C=O) groups is 4. The van der Waals surface area contributed by atoms with Gasteiger partial charge in [-0.15, -0.1) is 17.9 Å². The van der Waals surface area contributed by atoms with Gasteiger partial charge in [0.2, 0.25) is 11.8 Å². The standard InChI is InChI=1S/C42H54N6O9S/c1-8-25-19-42(25,38(51)52)47-36(49)33-17-28(20-48(33)37(50)35(41(4,5)6)46-40(53)57-27-14-23-13-24(23)15-27)56-34-18-31(32-21-58-39(45-32)43-22(2)3)44-30-16-26(9-10-29(30)34)55-12-11-54-7/h8-10,16,18,21-25,27-28,33,35H,1,11-15,17,19-20H2,2-7H3,(H,43,45)(H,46,53)(H,47,49)(H,51,52)/t23-,24+,25?,27?,28-,33+,35?,42-/m1/s1. The molecule has 3 saturated carbocycles. The lowest BCUT2D eigenvalue weighted by atomic mass is 9.85. The number of fused-ring (bicyclic) bond motifs is 2. The number of carboxylic acids is 1. The smallest absolute Gasteiger partial charge is 0.408 e. The lowest BCUT2D eigenvalue weighted by molar-refractivity contribution is -0.146. The van der Waals surface area contributed by atoms with Crippen LogP contribution in [0.1, 0.15) is 66.7 Å². The predicted molar refractivity (Wildman–Crippen MR) is 218 cm³/mol. The van der Waals surface area contributed by atoms with Crippen LogP contribution in [-0.2, 0) is 23.9 Å². The zero-order chi connectivity index (χ0) is 41.5. The highest BCUT2D eigenvalue weighted by molar-refractivity contribution is 7.14. The van der Waals surface area contributed by atoms with Crippen LogP contribution in [0.4, 0.5) is 9.93 Å². The van der Waals surface area contributed by atoms with Crippen molar-refractivity contribution in [1.82, 2.24) is 25.5 Å². The molecule has 15 nitrogen and oxygen atoms in total. The fraction of sp³-hybridized carbons (Fsp3) is 0.571. The predicted octanol–water partition coefficient (Wildman–Crippen LogP) is 5.64. The summed E-state index contributed by atoms with van der Waals surface area (Å²) >= 11 is 1.46. The molecule has 7 rings (SSSR count). The Labute approximate surface area is 342 Å². The van der Waals surface area contributed by atoms with Crippen LogP contribution >= 0.6 is 11.3 Å². The molecular formula is C42H54N6O9S. The Balaban J connectivity index is 1.19. The number of carboxylic acid groups (broad SMARTS) is 1. The van der Waals surface area contributed by atoms with Crippen LogP contribution in [0, 0.1) is 23.2 Å². The number of nitrogens with one attached hydrogen (secondary N) is 3. The number of hydrogen-bond acceptors (Lipinski definition) is 12. The number of ether oxygens (including phenoxy) is 4. The Hall–Kier alpha value is -4.96. The number of methoxy groups -OCH3 is 1. The van der Waals surface area contributed by atoms with E-state index < -0.39 is 58.9 Å². The van der Waals surface area contributed by atoms with Crippen molar-refractivity contribution in [3.63, 3.8) is 0 Å². The van der Waals surface area contributed by atoms with E-state index in [1.54, 1.807) is 13.2 Å². The average Bonchev–Trinajstić information content (AvgIpc) is 3.83. The molecule has 3 amide bonds. The van der Waals surface area contributed by atoms with E-state index in [-0.39, 0.29) is 31.5 Å². The number of aromatic nitrogens is 2. The zero-order valence-electron chi connectivity index (χ0n) is 33.9. The molecule has 2 aromatic heterocycles. The summed E-state index contributed by atoms with van der Waals surface area (Å²) in [7, 11) is 1.60. The molecule has 1 aromatic carbocycles. The number of rotatable bonds is 16. The molecule has 0 radical (unpaired) electrons. The van der Waals surface area contributed by atoms with Gasteiger partial charge in [-0.3, -0.25) is 9.59 Å². The molecule has 8 atom stereocenters. The van der Waals surface area contributed by atoms with Gasteiger partial charge in [-0.1, -0.05) is 26.8 Å². The van der Waals surface area contributed by atoms with Gasteiger partial charge < -0.3 is 44.9 Å². The second-order valence-corrected chi connectivity index (χ2v) is 18.2. The number of hydrogen-bond donors (Lipinski definition) is 4. The third-order valence-electron chi connectivity index (χ3n) is 11.5. The second-order valence-electron chi connectivity index (χ2n) is 17.4. The minimum absolute atomic E-state index is 0.0201. The van der Waals surface area contributed by atoms with Gasteiger partial charge in [0.1, 0.15) is 53.6 Å². The number of pyridine rings is 1. The van der Waals surface area contributed by atoms with Crippen molar-refractivity contribution >= 4 is 51.2 Å². The maximum Gasteiger partial charge on any atom is 0.408 e. The molecule has 0 bridgehead atoms.